The fraction of sp³-hybridized carbons (Fsp3) is 0.583. The summed E-state index contributed by atoms with van der Waals surface area (Å²) in [5.41, 5.74) is 1.36. The van der Waals surface area contributed by atoms with Crippen molar-refractivity contribution in [2.24, 2.45) is 5.92 Å². The topological polar surface area (TPSA) is 88.5 Å². The first kappa shape index (κ1) is 22.4. The van der Waals surface area contributed by atoms with Crippen molar-refractivity contribution in [3.8, 4) is 0 Å². The number of sulfone groups is 1. The lowest BCUT2D eigenvalue weighted by atomic mass is 9.88. The fourth-order valence-corrected chi connectivity index (χ4v) is 6.59. The molecule has 7 nitrogen and oxygen atoms in total. The van der Waals surface area contributed by atoms with Crippen LogP contribution in [-0.2, 0) is 16.4 Å². The Morgan fingerprint density at radius 1 is 1.18 bits per heavy atom. The molecule has 0 saturated heterocycles. The molecule has 9 heteroatoms. The summed E-state index contributed by atoms with van der Waals surface area (Å²) in [5, 5.41) is 3.67. The highest BCUT2D eigenvalue weighted by atomic mass is 32.2. The lowest BCUT2D eigenvalue weighted by Crippen LogP contribution is -2.44. The average molecular weight is 476 g/mol. The SMILES string of the molecule is CS(=O)(=O)C1(CN2CCn3c(=O)c(C(=O)NC[C@H]4CC[C@H](F)CC4)cc4cccc2c43)CC1. The predicted molar refractivity (Wildman–Crippen MR) is 126 cm³/mol. The summed E-state index contributed by atoms with van der Waals surface area (Å²) < 4.78 is 38.9. The third-order valence-corrected chi connectivity index (χ3v) is 9.78. The summed E-state index contributed by atoms with van der Waals surface area (Å²) in [4.78, 5) is 28.2. The molecule has 33 heavy (non-hydrogen) atoms. The van der Waals surface area contributed by atoms with Gasteiger partial charge in [-0.1, -0.05) is 12.1 Å². The third kappa shape index (κ3) is 4.05. The average Bonchev–Trinajstić information content (AvgIpc) is 3.57. The molecule has 0 spiro atoms. The molecule has 1 N–H and O–H groups in total. The van der Waals surface area contributed by atoms with E-state index in [0.717, 1.165) is 29.4 Å². The zero-order valence-corrected chi connectivity index (χ0v) is 19.7. The molecule has 1 aromatic carbocycles. The van der Waals surface area contributed by atoms with Crippen molar-refractivity contribution in [2.45, 2.75) is 56.0 Å². The van der Waals surface area contributed by atoms with E-state index in [1.807, 2.05) is 18.2 Å². The summed E-state index contributed by atoms with van der Waals surface area (Å²) in [6.07, 6.45) is 4.45. The van der Waals surface area contributed by atoms with E-state index in [9.17, 15) is 22.4 Å². The van der Waals surface area contributed by atoms with Crippen molar-refractivity contribution in [1.29, 1.82) is 0 Å². The number of benzene rings is 1. The molecule has 2 heterocycles. The number of amides is 1. The van der Waals surface area contributed by atoms with Crippen molar-refractivity contribution in [1.82, 2.24) is 9.88 Å². The van der Waals surface area contributed by atoms with Crippen LogP contribution in [0.15, 0.2) is 29.1 Å². The van der Waals surface area contributed by atoms with Crippen LogP contribution in [0.3, 0.4) is 0 Å². The van der Waals surface area contributed by atoms with Crippen LogP contribution < -0.4 is 15.8 Å². The van der Waals surface area contributed by atoms with Gasteiger partial charge in [-0.3, -0.25) is 9.59 Å². The van der Waals surface area contributed by atoms with Gasteiger partial charge < -0.3 is 14.8 Å². The molecule has 1 amide bonds. The predicted octanol–water partition coefficient (Wildman–Crippen LogP) is 2.66. The zero-order chi connectivity index (χ0) is 23.4. The lowest BCUT2D eigenvalue weighted by molar-refractivity contribution is 0.0937. The van der Waals surface area contributed by atoms with Crippen molar-refractivity contribution < 1.29 is 17.6 Å². The molecule has 5 rings (SSSR count). The number of carbonyl (C=O) groups is 1. The summed E-state index contributed by atoms with van der Waals surface area (Å²) in [7, 11) is -3.17. The van der Waals surface area contributed by atoms with Crippen LogP contribution in [0.25, 0.3) is 10.9 Å². The van der Waals surface area contributed by atoms with E-state index in [4.69, 9.17) is 0 Å². The van der Waals surface area contributed by atoms with E-state index in [1.54, 1.807) is 10.6 Å². The van der Waals surface area contributed by atoms with Gasteiger partial charge >= 0.3 is 0 Å². The number of aromatic nitrogens is 1. The van der Waals surface area contributed by atoms with E-state index in [2.05, 4.69) is 10.2 Å². The van der Waals surface area contributed by atoms with Crippen molar-refractivity contribution in [2.75, 3.05) is 30.8 Å². The molecule has 0 unspecified atom stereocenters. The van der Waals surface area contributed by atoms with E-state index < -0.39 is 26.7 Å². The molecule has 2 aromatic rings. The lowest BCUT2D eigenvalue weighted by Gasteiger charge is -2.34. The molecule has 2 fully saturated rings. The molecule has 0 radical (unpaired) electrons. The molecule has 2 aliphatic carbocycles. The number of anilines is 1. The number of rotatable bonds is 6. The van der Waals surface area contributed by atoms with Gasteiger partial charge in [-0.2, -0.15) is 0 Å². The molecule has 0 atom stereocenters. The number of para-hydroxylation sites is 1. The van der Waals surface area contributed by atoms with Gasteiger partial charge in [-0.15, -0.1) is 0 Å². The van der Waals surface area contributed by atoms with Gasteiger partial charge in [-0.25, -0.2) is 12.8 Å². The molecule has 2 saturated carbocycles. The van der Waals surface area contributed by atoms with Crippen molar-refractivity contribution >= 4 is 32.3 Å². The third-order valence-electron chi connectivity index (χ3n) is 7.67. The Morgan fingerprint density at radius 2 is 1.91 bits per heavy atom. The van der Waals surface area contributed by atoms with Gasteiger partial charge in [0.15, 0.2) is 9.84 Å². The number of hydrogen-bond acceptors (Lipinski definition) is 5. The van der Waals surface area contributed by atoms with Crippen LogP contribution in [0.2, 0.25) is 0 Å². The van der Waals surface area contributed by atoms with Crippen molar-refractivity contribution in [3.63, 3.8) is 0 Å². The second kappa shape index (κ2) is 8.11. The normalized spacial score (nSPS) is 24.0. The smallest absolute Gasteiger partial charge is 0.264 e. The Morgan fingerprint density at radius 3 is 2.58 bits per heavy atom. The maximum Gasteiger partial charge on any atom is 0.264 e. The largest absolute Gasteiger partial charge is 0.366 e. The molecule has 1 aromatic heterocycles. The highest BCUT2D eigenvalue weighted by Crippen LogP contribution is 2.45. The van der Waals surface area contributed by atoms with Gasteiger partial charge in [0.2, 0.25) is 0 Å². The molecule has 0 bridgehead atoms. The van der Waals surface area contributed by atoms with Crippen LogP contribution >= 0.6 is 0 Å². The van der Waals surface area contributed by atoms with Crippen LogP contribution in [-0.4, -0.2) is 55.7 Å². The molecule has 3 aliphatic rings. The maximum absolute atomic E-state index is 13.4. The van der Waals surface area contributed by atoms with E-state index >= 15 is 0 Å². The number of hydrogen-bond donors (Lipinski definition) is 1. The monoisotopic (exact) mass is 475 g/mol. The number of alkyl halides is 1. The number of nitrogens with zero attached hydrogens (tertiary/aromatic N) is 2. The minimum Gasteiger partial charge on any atom is -0.366 e. The molecular formula is C24H30FN3O4S. The standard InChI is InChI=1S/C24H30FN3O4S/c1-33(31,32)24(9-10-24)15-27-11-12-28-21-17(3-2-4-20(21)27)13-19(23(28)30)22(29)26-14-16-5-7-18(25)8-6-16/h2-4,13,16,18H,5-12,14-15H2,1H3,(H,26,29)/t16-,18-. The Balaban J connectivity index is 1.41. The number of carbonyl (C=O) groups excluding carboxylic acids is 1. The van der Waals surface area contributed by atoms with E-state index in [-0.39, 0.29) is 17.0 Å². The Hall–Kier alpha value is -2.42. The van der Waals surface area contributed by atoms with Gasteiger partial charge in [-0.05, 0) is 56.6 Å². The van der Waals surface area contributed by atoms with E-state index in [0.29, 0.717) is 51.9 Å². The van der Waals surface area contributed by atoms with Crippen LogP contribution in [0.5, 0.6) is 0 Å². The van der Waals surface area contributed by atoms with Crippen LogP contribution in [0.4, 0.5) is 10.1 Å². The van der Waals surface area contributed by atoms with Gasteiger partial charge in [0.05, 0.1) is 16.0 Å². The van der Waals surface area contributed by atoms with E-state index in [1.165, 1.54) is 6.26 Å². The summed E-state index contributed by atoms with van der Waals surface area (Å²) in [5.74, 6) is -0.151. The number of nitrogens with one attached hydrogen (secondary N) is 1. The first-order chi connectivity index (χ1) is 15.7. The summed E-state index contributed by atoms with van der Waals surface area (Å²) in [6.45, 7) is 1.78. The van der Waals surface area contributed by atoms with Gasteiger partial charge in [0.25, 0.3) is 11.5 Å². The van der Waals surface area contributed by atoms with Crippen LogP contribution in [0, 0.1) is 5.92 Å². The highest BCUT2D eigenvalue weighted by Gasteiger charge is 2.53. The quantitative estimate of drug-likeness (QED) is 0.694. The second-order valence-corrected chi connectivity index (χ2v) is 12.3. The first-order valence-electron chi connectivity index (χ1n) is 11.7. The summed E-state index contributed by atoms with van der Waals surface area (Å²) in [6, 6.07) is 7.30. The minimum atomic E-state index is -3.17. The van der Waals surface area contributed by atoms with Gasteiger partial charge in [0.1, 0.15) is 11.7 Å². The van der Waals surface area contributed by atoms with Crippen molar-refractivity contribution in [3.05, 3.63) is 40.2 Å². The molecule has 178 valence electrons. The minimum absolute atomic E-state index is 0.113. The Kier molecular flexibility index (Phi) is 5.50. The molecular weight excluding hydrogens is 445 g/mol. The number of pyridine rings is 1. The Labute approximate surface area is 192 Å². The zero-order valence-electron chi connectivity index (χ0n) is 18.8. The number of halogens is 1. The maximum atomic E-state index is 13.4. The molecule has 1 aliphatic heterocycles. The fourth-order valence-electron chi connectivity index (χ4n) is 5.35. The Bertz CT molecular complexity index is 1260. The summed E-state index contributed by atoms with van der Waals surface area (Å²) >= 11 is 0. The first-order valence-corrected chi connectivity index (χ1v) is 13.6. The van der Waals surface area contributed by atoms with Crippen LogP contribution in [0.1, 0.15) is 48.9 Å². The highest BCUT2D eigenvalue weighted by molar-refractivity contribution is 7.92. The second-order valence-electron chi connectivity index (χ2n) is 9.93. The van der Waals surface area contributed by atoms with Gasteiger partial charge in [0, 0.05) is 37.8 Å².